The molecule has 0 aliphatic rings. The fourth-order valence-electron chi connectivity index (χ4n) is 4.93. The second-order valence-electron chi connectivity index (χ2n) is 14.7. The van der Waals surface area contributed by atoms with E-state index in [4.69, 9.17) is 9.84 Å². The average Bonchev–Trinajstić information content (AvgIpc) is 3.14. The zero-order valence-corrected chi connectivity index (χ0v) is 40.2. The quantitative estimate of drug-likeness (QED) is 0.0325. The number of rotatable bonds is 31. The van der Waals surface area contributed by atoms with Crippen LogP contribution in [0, 0.1) is 10.8 Å². The molecule has 0 aliphatic carbocycles. The predicted molar refractivity (Wildman–Crippen MR) is 246 cm³/mol. The Labute approximate surface area is 395 Å². The minimum Gasteiger partial charge on any atom is -0.870 e. The minimum atomic E-state index is -0.702. The number of carboxylic acids is 1. The van der Waals surface area contributed by atoms with E-state index in [2.05, 4.69) is 135 Å². The van der Waals surface area contributed by atoms with Crippen LogP contribution in [0.15, 0.2) is 122 Å². The van der Waals surface area contributed by atoms with Gasteiger partial charge in [-0.25, -0.2) is 0 Å². The van der Waals surface area contributed by atoms with Gasteiger partial charge >= 0.3 is 63.3 Å². The summed E-state index contributed by atoms with van der Waals surface area (Å²) in [6, 6.07) is 0. The molecular weight excluding hydrogens is 732 g/mol. The molecule has 0 rings (SSSR count). The second-order valence-corrected chi connectivity index (χ2v) is 14.7. The monoisotopic (exact) mass is 817 g/mol. The molecule has 0 atom stereocenters. The normalized spacial score (nSPS) is 12.5. The average molecular weight is 817 g/mol. The molecule has 0 amide bonds. The summed E-state index contributed by atoms with van der Waals surface area (Å²) in [7, 11) is 0. The fraction of sp³-hybridized carbons (Fsp3) is 0.569. The molecule has 0 aromatic heterocycles. The Hall–Kier alpha value is -2.06. The van der Waals surface area contributed by atoms with Crippen LogP contribution in [0.5, 0.6) is 0 Å². The van der Waals surface area contributed by atoms with E-state index in [0.29, 0.717) is 6.61 Å². The van der Waals surface area contributed by atoms with E-state index >= 15 is 0 Å². The first kappa shape index (κ1) is 64.1. The number of allylic oxidation sites excluding steroid dienone is 20. The van der Waals surface area contributed by atoms with Crippen LogP contribution >= 0.6 is 0 Å². The summed E-state index contributed by atoms with van der Waals surface area (Å²) >= 11 is 0. The van der Waals surface area contributed by atoms with Crippen LogP contribution < -0.4 is 51.4 Å². The third-order valence-corrected chi connectivity index (χ3v) is 8.57. The fourth-order valence-corrected chi connectivity index (χ4v) is 4.93. The zero-order valence-electron chi connectivity index (χ0n) is 37.1. The summed E-state index contributed by atoms with van der Waals surface area (Å²) in [5.41, 5.74) is -0.959. The minimum absolute atomic E-state index is 0. The van der Waals surface area contributed by atoms with Crippen LogP contribution in [0.3, 0.4) is 0 Å². The van der Waals surface area contributed by atoms with Crippen LogP contribution in [0.4, 0.5) is 0 Å². The number of esters is 1. The molecule has 5 nitrogen and oxygen atoms in total. The molecule has 0 saturated heterocycles. The Kier molecular flexibility index (Phi) is 54.3. The standard InChI is InChI=1S/C26H42O2.C24H38O2.CH4.K.H2O/c1-5-7-8-9-10-11-12-13-14-15-16-17-18-19-20-21-22-23-24-26(3,4)25(27)28-6-2;1-4-5-6-7-8-9-10-11-12-13-14-15-16-17-18-19-20-21-22-24(2,3)23(25)26;;;/h7-8,10-11,13-14,16-17,19-20H,5-6,9,12,15,18,21-24H2,1-4H3;5-6,8-9,11-12,14-15,17-18H,4,7,10,13,16,19-22H2,1-3H3,(H,25,26);1H4;;1H2/q;;;+1;/p-1/b8-7-,11-10-,14-13-,17-16-,20-19-;6-5-,9-8-,12-11-,15-14-,18-17-;;;. The summed E-state index contributed by atoms with van der Waals surface area (Å²) in [5, 5.41) is 9.05. The van der Waals surface area contributed by atoms with Gasteiger partial charge in [-0.3, -0.25) is 9.59 Å². The molecule has 0 aromatic rings. The summed E-state index contributed by atoms with van der Waals surface area (Å²) in [6.07, 6.45) is 62.4. The van der Waals surface area contributed by atoms with Gasteiger partial charge in [0.15, 0.2) is 0 Å². The van der Waals surface area contributed by atoms with E-state index in [1.807, 2.05) is 20.8 Å². The van der Waals surface area contributed by atoms with Crippen molar-refractivity contribution in [3.8, 4) is 0 Å². The Morgan fingerprint density at radius 2 is 0.719 bits per heavy atom. The van der Waals surface area contributed by atoms with Crippen molar-refractivity contribution in [1.82, 2.24) is 0 Å². The molecule has 0 radical (unpaired) electrons. The SMILES string of the molecule is C.CC/C=C\C/C=C\C/C=C\C/C=C\C/C=C\CCCCC(C)(C)C(=O)O.CC/C=C\C/C=C\C/C=C\C/C=C\C/C=C\CCCCC(C)(C)C(=O)OCC.[K+].[OH-]. The van der Waals surface area contributed by atoms with Gasteiger partial charge in [0.1, 0.15) is 0 Å². The third kappa shape index (κ3) is 48.2. The molecule has 0 unspecified atom stereocenters. The van der Waals surface area contributed by atoms with Crippen molar-refractivity contribution in [1.29, 1.82) is 0 Å². The van der Waals surface area contributed by atoms with Gasteiger partial charge in [-0.05, 0) is 137 Å². The topological polar surface area (TPSA) is 93.6 Å². The maximum Gasteiger partial charge on any atom is 1.00 e. The maximum atomic E-state index is 11.8. The molecular formula is C51H85KO5. The summed E-state index contributed by atoms with van der Waals surface area (Å²) in [6.45, 7) is 14.2. The number of ether oxygens (including phenoxy) is 1. The number of carbonyl (C=O) groups is 2. The number of hydrogen-bond acceptors (Lipinski definition) is 4. The van der Waals surface area contributed by atoms with Crippen molar-refractivity contribution in [2.45, 2.75) is 171 Å². The van der Waals surface area contributed by atoms with Gasteiger partial charge < -0.3 is 15.3 Å². The van der Waals surface area contributed by atoms with Gasteiger partial charge in [0.05, 0.1) is 17.4 Å². The van der Waals surface area contributed by atoms with Crippen molar-refractivity contribution in [2.24, 2.45) is 10.8 Å². The summed E-state index contributed by atoms with van der Waals surface area (Å²) in [5.74, 6) is -0.780. The van der Waals surface area contributed by atoms with Crippen LogP contribution in [-0.4, -0.2) is 29.1 Å². The van der Waals surface area contributed by atoms with Gasteiger partial charge in [-0.1, -0.05) is 156 Å². The van der Waals surface area contributed by atoms with Crippen molar-refractivity contribution >= 4 is 11.9 Å². The van der Waals surface area contributed by atoms with E-state index in [9.17, 15) is 9.59 Å². The summed E-state index contributed by atoms with van der Waals surface area (Å²) in [4.78, 5) is 22.8. The van der Waals surface area contributed by atoms with Gasteiger partial charge in [0.2, 0.25) is 0 Å². The molecule has 0 bridgehead atoms. The first-order valence-corrected chi connectivity index (χ1v) is 21.0. The number of hydrogen-bond donors (Lipinski definition) is 1. The summed E-state index contributed by atoms with van der Waals surface area (Å²) < 4.78 is 5.12. The largest absolute Gasteiger partial charge is 1.00 e. The van der Waals surface area contributed by atoms with Crippen LogP contribution in [-0.2, 0) is 14.3 Å². The maximum absolute atomic E-state index is 11.8. The molecule has 0 saturated carbocycles. The Morgan fingerprint density at radius 3 is 0.982 bits per heavy atom. The van der Waals surface area contributed by atoms with Crippen LogP contribution in [0.25, 0.3) is 0 Å². The molecule has 0 spiro atoms. The van der Waals surface area contributed by atoms with Gasteiger partial charge in [-0.15, -0.1) is 0 Å². The van der Waals surface area contributed by atoms with Crippen LogP contribution in [0.1, 0.15) is 171 Å². The second kappa shape index (κ2) is 48.3. The molecule has 320 valence electrons. The zero-order chi connectivity index (χ0) is 40.4. The Balaban J connectivity index is -0.000000301. The van der Waals surface area contributed by atoms with Gasteiger partial charge in [-0.2, -0.15) is 0 Å². The Morgan fingerprint density at radius 1 is 0.456 bits per heavy atom. The molecule has 6 heteroatoms. The van der Waals surface area contributed by atoms with E-state index in [0.717, 1.165) is 116 Å². The first-order valence-electron chi connectivity index (χ1n) is 21.0. The van der Waals surface area contributed by atoms with E-state index < -0.39 is 11.4 Å². The van der Waals surface area contributed by atoms with Gasteiger partial charge in [0, 0.05) is 0 Å². The van der Waals surface area contributed by atoms with Crippen molar-refractivity contribution in [3.05, 3.63) is 122 Å². The smallest absolute Gasteiger partial charge is 0.870 e. The van der Waals surface area contributed by atoms with Crippen molar-refractivity contribution in [2.75, 3.05) is 6.61 Å². The molecule has 0 fully saturated rings. The number of carbonyl (C=O) groups excluding carboxylic acids is 1. The number of aliphatic carboxylic acids is 1. The molecule has 0 aliphatic heterocycles. The van der Waals surface area contributed by atoms with E-state index in [-0.39, 0.29) is 75.7 Å². The Bertz CT molecular complexity index is 1210. The molecule has 0 heterocycles. The molecule has 0 aromatic carbocycles. The van der Waals surface area contributed by atoms with Crippen molar-refractivity contribution in [3.63, 3.8) is 0 Å². The predicted octanol–water partition coefficient (Wildman–Crippen LogP) is 12.8. The van der Waals surface area contributed by atoms with E-state index in [1.165, 1.54) is 0 Å². The van der Waals surface area contributed by atoms with Gasteiger partial charge in [0.25, 0.3) is 0 Å². The first-order chi connectivity index (χ1) is 26.0. The number of unbranched alkanes of at least 4 members (excludes halogenated alkanes) is 4. The molecule has 2 N–H and O–H groups in total. The van der Waals surface area contributed by atoms with Crippen LogP contribution in [0.2, 0.25) is 0 Å². The van der Waals surface area contributed by atoms with Crippen molar-refractivity contribution < 1.29 is 76.3 Å². The number of carboxylic acid groups (broad SMARTS) is 1. The molecule has 57 heavy (non-hydrogen) atoms. The van der Waals surface area contributed by atoms with E-state index in [1.54, 1.807) is 13.8 Å². The third-order valence-electron chi connectivity index (χ3n) is 8.57.